The summed E-state index contributed by atoms with van der Waals surface area (Å²) in [5, 5.41) is 14.0. The van der Waals surface area contributed by atoms with Crippen molar-refractivity contribution in [3.63, 3.8) is 0 Å². The number of ether oxygens (including phenoxy) is 1. The predicted octanol–water partition coefficient (Wildman–Crippen LogP) is 3.84. The zero-order valence-corrected chi connectivity index (χ0v) is 18.6. The molecule has 1 fully saturated rings. The van der Waals surface area contributed by atoms with Gasteiger partial charge in [0.2, 0.25) is 0 Å². The van der Waals surface area contributed by atoms with Crippen LogP contribution in [-0.4, -0.2) is 57.3 Å². The van der Waals surface area contributed by atoms with E-state index in [0.29, 0.717) is 31.0 Å². The summed E-state index contributed by atoms with van der Waals surface area (Å²) < 4.78 is 5.48. The first kappa shape index (κ1) is 22.7. The number of anilines is 2. The van der Waals surface area contributed by atoms with Gasteiger partial charge in [-0.1, -0.05) is 11.6 Å². The Morgan fingerprint density at radius 3 is 2.71 bits per heavy atom. The second kappa shape index (κ2) is 9.91. The minimum atomic E-state index is -0.529. The van der Waals surface area contributed by atoms with Gasteiger partial charge in [-0.15, -0.1) is 10.2 Å². The molecule has 2 N–H and O–H groups in total. The minimum Gasteiger partial charge on any atom is -0.444 e. The minimum absolute atomic E-state index is 0.140. The topological polar surface area (TPSA) is 109 Å². The van der Waals surface area contributed by atoms with Gasteiger partial charge in [0.05, 0.1) is 5.69 Å². The first-order valence-corrected chi connectivity index (χ1v) is 10.6. The zero-order chi connectivity index (χ0) is 22.4. The highest BCUT2D eigenvalue weighted by atomic mass is 35.5. The third kappa shape index (κ3) is 6.78. The number of amides is 2. The molecule has 3 heterocycles. The lowest BCUT2D eigenvalue weighted by molar-refractivity contribution is 0.0172. The fourth-order valence-corrected chi connectivity index (χ4v) is 3.42. The van der Waals surface area contributed by atoms with Crippen LogP contribution in [0.4, 0.5) is 16.2 Å². The molecule has 166 valence electrons. The van der Waals surface area contributed by atoms with Gasteiger partial charge in [-0.05, 0) is 51.7 Å². The maximum atomic E-state index is 12.7. The molecule has 2 aromatic rings. The van der Waals surface area contributed by atoms with Crippen molar-refractivity contribution in [2.45, 2.75) is 39.2 Å². The number of hydrogen-bond donors (Lipinski definition) is 2. The lowest BCUT2D eigenvalue weighted by Gasteiger charge is -2.34. The lowest BCUT2D eigenvalue weighted by atomic mass is 9.98. The first-order chi connectivity index (χ1) is 14.7. The highest BCUT2D eigenvalue weighted by molar-refractivity contribution is 6.29. The maximum Gasteiger partial charge on any atom is 0.410 e. The smallest absolute Gasteiger partial charge is 0.410 e. The van der Waals surface area contributed by atoms with Gasteiger partial charge in [0, 0.05) is 43.8 Å². The Labute approximate surface area is 186 Å². The number of carbonyl (C=O) groups excluding carboxylic acids is 2. The summed E-state index contributed by atoms with van der Waals surface area (Å²) in [6.45, 7) is 7.36. The summed E-state index contributed by atoms with van der Waals surface area (Å²) >= 11 is 6.01. The van der Waals surface area contributed by atoms with Crippen LogP contribution in [0.1, 0.15) is 44.1 Å². The summed E-state index contributed by atoms with van der Waals surface area (Å²) in [4.78, 5) is 30.7. The van der Waals surface area contributed by atoms with Crippen LogP contribution in [0.15, 0.2) is 30.6 Å². The number of halogens is 1. The van der Waals surface area contributed by atoms with Crippen molar-refractivity contribution in [3.8, 4) is 0 Å². The fourth-order valence-electron chi connectivity index (χ4n) is 3.27. The van der Waals surface area contributed by atoms with E-state index in [1.807, 2.05) is 20.8 Å². The number of likely N-dealkylation sites (tertiary alicyclic amines) is 1. The average Bonchev–Trinajstić information content (AvgIpc) is 2.72. The van der Waals surface area contributed by atoms with Crippen molar-refractivity contribution in [3.05, 3.63) is 41.4 Å². The number of nitrogens with zero attached hydrogens (tertiary/aromatic N) is 4. The van der Waals surface area contributed by atoms with Crippen LogP contribution in [0, 0.1) is 5.92 Å². The molecule has 1 aliphatic heterocycles. The number of nitrogens with one attached hydrogen (secondary N) is 2. The highest BCUT2D eigenvalue weighted by Crippen LogP contribution is 2.22. The second-order valence-corrected chi connectivity index (χ2v) is 8.82. The van der Waals surface area contributed by atoms with Crippen molar-refractivity contribution >= 4 is 35.0 Å². The number of hydrogen-bond acceptors (Lipinski definition) is 7. The molecule has 0 bridgehead atoms. The van der Waals surface area contributed by atoms with Gasteiger partial charge >= 0.3 is 6.09 Å². The van der Waals surface area contributed by atoms with E-state index in [9.17, 15) is 9.59 Å². The van der Waals surface area contributed by atoms with E-state index in [2.05, 4.69) is 25.8 Å². The Bertz CT molecular complexity index is 919. The molecule has 0 aromatic carbocycles. The summed E-state index contributed by atoms with van der Waals surface area (Å²) in [7, 11) is 0. The van der Waals surface area contributed by atoms with Crippen molar-refractivity contribution in [2.24, 2.45) is 5.92 Å². The summed E-state index contributed by atoms with van der Waals surface area (Å²) in [5.74, 6) is -0.207. The van der Waals surface area contributed by atoms with Crippen LogP contribution in [-0.2, 0) is 4.74 Å². The maximum absolute atomic E-state index is 12.7. The van der Waals surface area contributed by atoms with Gasteiger partial charge in [-0.2, -0.15) is 0 Å². The number of piperidine rings is 1. The molecule has 0 saturated carbocycles. The van der Waals surface area contributed by atoms with Crippen LogP contribution >= 0.6 is 11.6 Å². The molecule has 0 aliphatic carbocycles. The molecule has 0 spiro atoms. The monoisotopic (exact) mass is 446 g/mol. The number of carbonyl (C=O) groups is 2. The fraction of sp³-hybridized carbons (Fsp3) is 0.476. The quantitative estimate of drug-likeness (QED) is 0.718. The molecule has 1 unspecified atom stereocenters. The molecular formula is C21H27ClN6O3. The Morgan fingerprint density at radius 2 is 2.00 bits per heavy atom. The molecule has 2 amide bonds. The summed E-state index contributed by atoms with van der Waals surface area (Å²) in [5.41, 5.74) is 0.698. The second-order valence-electron chi connectivity index (χ2n) is 8.43. The van der Waals surface area contributed by atoms with E-state index in [4.69, 9.17) is 16.3 Å². The van der Waals surface area contributed by atoms with Gasteiger partial charge in [-0.25, -0.2) is 4.79 Å². The molecule has 1 atom stereocenters. The third-order valence-electron chi connectivity index (χ3n) is 4.67. The molecule has 3 rings (SSSR count). The SMILES string of the molecule is CC(C)(C)OC(=O)N1CCCC(CNc2cc(Cl)nnc2C(=O)Nc2ccncc2)C1. The third-order valence-corrected chi connectivity index (χ3v) is 4.85. The lowest BCUT2D eigenvalue weighted by Crippen LogP contribution is -2.44. The molecule has 1 saturated heterocycles. The van der Waals surface area contributed by atoms with Gasteiger partial charge in [0.25, 0.3) is 5.91 Å². The van der Waals surface area contributed by atoms with Crippen LogP contribution in [0.5, 0.6) is 0 Å². The van der Waals surface area contributed by atoms with Gasteiger partial charge < -0.3 is 20.3 Å². The van der Waals surface area contributed by atoms with E-state index in [1.165, 1.54) is 0 Å². The normalized spacial score (nSPS) is 16.5. The Kier molecular flexibility index (Phi) is 7.27. The molecule has 31 heavy (non-hydrogen) atoms. The Balaban J connectivity index is 1.64. The van der Waals surface area contributed by atoms with E-state index >= 15 is 0 Å². The molecule has 0 radical (unpaired) electrons. The standard InChI is InChI=1S/C21H27ClN6O3/c1-21(2,3)31-20(30)28-10-4-5-14(13-28)12-24-16-11-17(22)26-27-18(16)19(29)25-15-6-8-23-9-7-15/h6-9,11,14H,4-5,10,12-13H2,1-3H3,(H,24,26)(H,23,25,29). The van der Waals surface area contributed by atoms with Gasteiger partial charge in [-0.3, -0.25) is 9.78 Å². The van der Waals surface area contributed by atoms with Crippen LogP contribution in [0.3, 0.4) is 0 Å². The Hall–Kier alpha value is -2.94. The first-order valence-electron chi connectivity index (χ1n) is 10.2. The van der Waals surface area contributed by atoms with Gasteiger partial charge in [0.1, 0.15) is 5.60 Å². The molecule has 10 heteroatoms. The summed E-state index contributed by atoms with van der Waals surface area (Å²) in [6.07, 6.45) is 4.71. The highest BCUT2D eigenvalue weighted by Gasteiger charge is 2.28. The zero-order valence-electron chi connectivity index (χ0n) is 17.9. The largest absolute Gasteiger partial charge is 0.444 e. The van der Waals surface area contributed by atoms with Crippen LogP contribution in [0.25, 0.3) is 0 Å². The number of rotatable bonds is 5. The molecule has 1 aliphatic rings. The number of pyridine rings is 1. The van der Waals surface area contributed by atoms with Crippen molar-refractivity contribution in [2.75, 3.05) is 30.3 Å². The Morgan fingerprint density at radius 1 is 1.26 bits per heavy atom. The number of aromatic nitrogens is 3. The van der Waals surface area contributed by atoms with Crippen LogP contribution in [0.2, 0.25) is 5.15 Å². The van der Waals surface area contributed by atoms with E-state index in [-0.39, 0.29) is 22.9 Å². The van der Waals surface area contributed by atoms with Crippen molar-refractivity contribution in [1.82, 2.24) is 20.1 Å². The van der Waals surface area contributed by atoms with E-state index in [0.717, 1.165) is 12.8 Å². The summed E-state index contributed by atoms with van der Waals surface area (Å²) in [6, 6.07) is 4.94. The van der Waals surface area contributed by atoms with Crippen molar-refractivity contribution < 1.29 is 14.3 Å². The van der Waals surface area contributed by atoms with Gasteiger partial charge in [0.15, 0.2) is 10.8 Å². The molecule has 9 nitrogen and oxygen atoms in total. The van der Waals surface area contributed by atoms with Crippen molar-refractivity contribution in [1.29, 1.82) is 0 Å². The van der Waals surface area contributed by atoms with E-state index in [1.54, 1.807) is 35.5 Å². The molecule has 2 aromatic heterocycles. The van der Waals surface area contributed by atoms with Crippen LogP contribution < -0.4 is 10.6 Å². The molecular weight excluding hydrogens is 420 g/mol. The average molecular weight is 447 g/mol. The van der Waals surface area contributed by atoms with E-state index < -0.39 is 11.5 Å². The predicted molar refractivity (Wildman–Crippen MR) is 118 cm³/mol.